The van der Waals surface area contributed by atoms with Crippen molar-refractivity contribution in [2.24, 2.45) is 0 Å². The molecule has 2 rings (SSSR count). The largest absolute Gasteiger partial charge is 0.346 e. The van der Waals surface area contributed by atoms with Crippen molar-refractivity contribution in [1.82, 2.24) is 30.5 Å². The van der Waals surface area contributed by atoms with E-state index >= 15 is 0 Å². The summed E-state index contributed by atoms with van der Waals surface area (Å²) in [5.74, 6) is -0.135. The minimum absolute atomic E-state index is 0.0924. The number of nitrogens with one attached hydrogen (secondary N) is 1. The fraction of sp³-hybridized carbons (Fsp3) is 0.417. The van der Waals surface area contributed by atoms with Crippen molar-refractivity contribution in [2.75, 3.05) is 0 Å². The summed E-state index contributed by atoms with van der Waals surface area (Å²) in [7, 11) is 0. The first-order chi connectivity index (χ1) is 9.20. The Bertz CT molecular complexity index is 539. The molecule has 0 aliphatic carbocycles. The lowest BCUT2D eigenvalue weighted by Crippen LogP contribution is -2.32. The average molecular weight is 260 g/mol. The second-order valence-electron chi connectivity index (χ2n) is 4.24. The van der Waals surface area contributed by atoms with Crippen molar-refractivity contribution in [3.63, 3.8) is 0 Å². The Morgan fingerprint density at radius 3 is 3.00 bits per heavy atom. The van der Waals surface area contributed by atoms with Crippen LogP contribution in [0.1, 0.15) is 30.6 Å². The van der Waals surface area contributed by atoms with Gasteiger partial charge in [-0.3, -0.25) is 9.78 Å². The third-order valence-electron chi connectivity index (χ3n) is 2.82. The first-order valence-electron chi connectivity index (χ1n) is 6.12. The van der Waals surface area contributed by atoms with Crippen LogP contribution in [-0.4, -0.2) is 31.1 Å². The molecular formula is C12H16N6O. The quantitative estimate of drug-likeness (QED) is 0.852. The van der Waals surface area contributed by atoms with E-state index in [4.69, 9.17) is 0 Å². The third kappa shape index (κ3) is 3.34. The minimum atomic E-state index is -0.135. The van der Waals surface area contributed by atoms with Gasteiger partial charge in [-0.05, 0) is 35.4 Å². The zero-order valence-electron chi connectivity index (χ0n) is 10.9. The highest BCUT2D eigenvalue weighted by Gasteiger charge is 2.16. The summed E-state index contributed by atoms with van der Waals surface area (Å²) in [6.45, 7) is 4.10. The second kappa shape index (κ2) is 6.03. The molecule has 0 aromatic carbocycles. The van der Waals surface area contributed by atoms with Crippen molar-refractivity contribution in [3.05, 3.63) is 35.9 Å². The molecule has 2 heterocycles. The molecule has 100 valence electrons. The molecule has 1 amide bonds. The summed E-state index contributed by atoms with van der Waals surface area (Å²) >= 11 is 0. The maximum atomic E-state index is 11.9. The number of amides is 1. The van der Waals surface area contributed by atoms with Gasteiger partial charge in [0.1, 0.15) is 12.9 Å². The minimum Gasteiger partial charge on any atom is -0.346 e. The van der Waals surface area contributed by atoms with E-state index in [0.717, 1.165) is 17.7 Å². The maximum Gasteiger partial charge on any atom is 0.242 e. The predicted molar refractivity (Wildman–Crippen MR) is 68.0 cm³/mol. The van der Waals surface area contributed by atoms with E-state index in [0.29, 0.717) is 0 Å². The molecule has 0 bridgehead atoms. The third-order valence-corrected chi connectivity index (χ3v) is 2.82. The summed E-state index contributed by atoms with van der Waals surface area (Å²) in [5, 5.41) is 13.6. The number of rotatable bonds is 5. The van der Waals surface area contributed by atoms with Gasteiger partial charge in [0.2, 0.25) is 5.91 Å². The van der Waals surface area contributed by atoms with Crippen LogP contribution in [0.3, 0.4) is 0 Å². The molecule has 0 fully saturated rings. The zero-order valence-corrected chi connectivity index (χ0v) is 10.9. The van der Waals surface area contributed by atoms with E-state index in [1.807, 2.05) is 26.0 Å². The summed E-state index contributed by atoms with van der Waals surface area (Å²) in [5.41, 5.74) is 1.96. The molecule has 2 aromatic rings. The molecule has 2 aromatic heterocycles. The van der Waals surface area contributed by atoms with Crippen molar-refractivity contribution in [3.8, 4) is 0 Å². The van der Waals surface area contributed by atoms with Gasteiger partial charge in [-0.25, -0.2) is 4.68 Å². The zero-order chi connectivity index (χ0) is 13.7. The Kier molecular flexibility index (Phi) is 4.17. The monoisotopic (exact) mass is 260 g/mol. The summed E-state index contributed by atoms with van der Waals surface area (Å²) < 4.78 is 1.38. The molecule has 0 spiro atoms. The fourth-order valence-corrected chi connectivity index (χ4v) is 1.87. The SMILES string of the molecule is CC[C@H](NC(=O)Cn1cnnn1)c1ncccc1C. The van der Waals surface area contributed by atoms with Gasteiger partial charge < -0.3 is 5.32 Å². The van der Waals surface area contributed by atoms with Crippen molar-refractivity contribution < 1.29 is 4.79 Å². The van der Waals surface area contributed by atoms with Crippen LogP contribution >= 0.6 is 0 Å². The van der Waals surface area contributed by atoms with Crippen LogP contribution in [0.15, 0.2) is 24.7 Å². The Hall–Kier alpha value is -2.31. The highest BCUT2D eigenvalue weighted by Crippen LogP contribution is 2.17. The number of nitrogens with zero attached hydrogens (tertiary/aromatic N) is 5. The number of aromatic nitrogens is 5. The maximum absolute atomic E-state index is 11.9. The van der Waals surface area contributed by atoms with E-state index in [-0.39, 0.29) is 18.5 Å². The number of carbonyl (C=O) groups excluding carboxylic acids is 1. The standard InChI is InChI=1S/C12H16N6O/c1-3-10(12-9(2)5-4-6-13-12)15-11(19)7-18-8-14-16-17-18/h4-6,8,10H,3,7H2,1-2H3,(H,15,19)/t10-/m0/s1. The van der Waals surface area contributed by atoms with Crippen LogP contribution in [-0.2, 0) is 11.3 Å². The summed E-state index contributed by atoms with van der Waals surface area (Å²) in [6.07, 6.45) is 3.92. The lowest BCUT2D eigenvalue weighted by molar-refractivity contribution is -0.122. The molecule has 0 saturated carbocycles. The van der Waals surface area contributed by atoms with E-state index < -0.39 is 0 Å². The molecule has 7 heteroatoms. The molecule has 0 aliphatic rings. The molecule has 0 saturated heterocycles. The number of tetrazole rings is 1. The van der Waals surface area contributed by atoms with Crippen LogP contribution < -0.4 is 5.32 Å². The van der Waals surface area contributed by atoms with Crippen LogP contribution in [0.25, 0.3) is 0 Å². The van der Waals surface area contributed by atoms with E-state index in [9.17, 15) is 4.79 Å². The lowest BCUT2D eigenvalue weighted by atomic mass is 10.1. The van der Waals surface area contributed by atoms with Crippen LogP contribution in [0, 0.1) is 6.92 Å². The fourth-order valence-electron chi connectivity index (χ4n) is 1.87. The second-order valence-corrected chi connectivity index (χ2v) is 4.24. The van der Waals surface area contributed by atoms with Crippen LogP contribution in [0.5, 0.6) is 0 Å². The number of pyridine rings is 1. The predicted octanol–water partition coefficient (Wildman–Crippen LogP) is 0.644. The van der Waals surface area contributed by atoms with Gasteiger partial charge in [0.05, 0.1) is 11.7 Å². The topological polar surface area (TPSA) is 85.6 Å². The molecule has 0 aliphatic heterocycles. The summed E-state index contributed by atoms with van der Waals surface area (Å²) in [6, 6.07) is 3.78. The highest BCUT2D eigenvalue weighted by atomic mass is 16.2. The first-order valence-corrected chi connectivity index (χ1v) is 6.12. The van der Waals surface area contributed by atoms with Crippen LogP contribution in [0.2, 0.25) is 0 Å². The average Bonchev–Trinajstić information content (AvgIpc) is 2.89. The molecule has 0 radical (unpaired) electrons. The molecule has 19 heavy (non-hydrogen) atoms. The Labute approximate surface area is 111 Å². The highest BCUT2D eigenvalue weighted by molar-refractivity contribution is 5.76. The molecule has 0 unspecified atom stereocenters. The van der Waals surface area contributed by atoms with Gasteiger partial charge in [-0.1, -0.05) is 13.0 Å². The van der Waals surface area contributed by atoms with Crippen molar-refractivity contribution in [1.29, 1.82) is 0 Å². The van der Waals surface area contributed by atoms with Gasteiger partial charge in [-0.15, -0.1) is 5.10 Å². The number of carbonyl (C=O) groups is 1. The molecule has 7 nitrogen and oxygen atoms in total. The van der Waals surface area contributed by atoms with Crippen molar-refractivity contribution >= 4 is 5.91 Å². The van der Waals surface area contributed by atoms with Crippen LogP contribution in [0.4, 0.5) is 0 Å². The first kappa shape index (κ1) is 13.1. The molecule has 1 atom stereocenters. The van der Waals surface area contributed by atoms with Gasteiger partial charge in [-0.2, -0.15) is 0 Å². The number of hydrogen-bond acceptors (Lipinski definition) is 5. The van der Waals surface area contributed by atoms with Gasteiger partial charge in [0, 0.05) is 6.20 Å². The van der Waals surface area contributed by atoms with E-state index in [1.165, 1.54) is 11.0 Å². The molecular weight excluding hydrogens is 244 g/mol. The Morgan fingerprint density at radius 1 is 1.53 bits per heavy atom. The Morgan fingerprint density at radius 2 is 2.37 bits per heavy atom. The smallest absolute Gasteiger partial charge is 0.242 e. The lowest BCUT2D eigenvalue weighted by Gasteiger charge is -2.18. The molecule has 1 N–H and O–H groups in total. The number of hydrogen-bond donors (Lipinski definition) is 1. The van der Waals surface area contributed by atoms with Gasteiger partial charge in [0.15, 0.2) is 0 Å². The summed E-state index contributed by atoms with van der Waals surface area (Å²) in [4.78, 5) is 16.2. The van der Waals surface area contributed by atoms with E-state index in [2.05, 4.69) is 25.8 Å². The van der Waals surface area contributed by atoms with E-state index in [1.54, 1.807) is 6.20 Å². The van der Waals surface area contributed by atoms with Gasteiger partial charge >= 0.3 is 0 Å². The van der Waals surface area contributed by atoms with Gasteiger partial charge in [0.25, 0.3) is 0 Å². The Balaban J connectivity index is 2.03. The van der Waals surface area contributed by atoms with Crippen molar-refractivity contribution in [2.45, 2.75) is 32.9 Å². The number of aryl methyl sites for hydroxylation is 1. The normalized spacial score (nSPS) is 12.1.